The summed E-state index contributed by atoms with van der Waals surface area (Å²) in [5.74, 6) is -0.750. The Morgan fingerprint density at radius 3 is 2.27 bits per heavy atom. The first-order valence-corrected chi connectivity index (χ1v) is 8.55. The van der Waals surface area contributed by atoms with Gasteiger partial charge in [0.2, 0.25) is 0 Å². The van der Waals surface area contributed by atoms with Crippen molar-refractivity contribution in [3.63, 3.8) is 0 Å². The van der Waals surface area contributed by atoms with Crippen molar-refractivity contribution in [2.75, 3.05) is 6.26 Å². The summed E-state index contributed by atoms with van der Waals surface area (Å²) in [4.78, 5) is 11.8. The van der Waals surface area contributed by atoms with Crippen LogP contribution < -0.4 is 9.92 Å². The highest BCUT2D eigenvalue weighted by atomic mass is 32.2. The molecule has 0 atom stereocenters. The summed E-state index contributed by atoms with van der Waals surface area (Å²) in [6, 6.07) is 12.7. The molecule has 0 heterocycles. The molecule has 22 heavy (non-hydrogen) atoms. The Kier molecular flexibility index (Phi) is 4.51. The maximum atomic E-state index is 11.8. The number of amides is 1. The third-order valence-corrected chi connectivity index (χ3v) is 3.68. The van der Waals surface area contributed by atoms with Gasteiger partial charge in [-0.05, 0) is 29.2 Å². The summed E-state index contributed by atoms with van der Waals surface area (Å²) < 4.78 is 27.6. The minimum atomic E-state index is -3.74. The molecule has 2 rings (SSSR count). The molecule has 0 aliphatic rings. The van der Waals surface area contributed by atoms with Gasteiger partial charge in [0.15, 0.2) is 5.75 Å². The molecular formula is C16H17NO4S. The molecule has 0 saturated carbocycles. The van der Waals surface area contributed by atoms with Crippen LogP contribution in [-0.2, 0) is 16.5 Å². The van der Waals surface area contributed by atoms with Crippen molar-refractivity contribution in [2.24, 2.45) is 5.73 Å². The van der Waals surface area contributed by atoms with E-state index in [0.717, 1.165) is 17.4 Å². The lowest BCUT2D eigenvalue weighted by Crippen LogP contribution is -2.18. The van der Waals surface area contributed by atoms with Gasteiger partial charge in [0, 0.05) is 0 Å². The normalized spacial score (nSPS) is 11.2. The summed E-state index contributed by atoms with van der Waals surface area (Å²) in [6.45, 7) is 1.87. The Bertz CT molecular complexity index is 798. The van der Waals surface area contributed by atoms with Crippen LogP contribution in [0.3, 0.4) is 0 Å². The molecular weight excluding hydrogens is 302 g/mol. The van der Waals surface area contributed by atoms with Crippen LogP contribution in [0, 0.1) is 0 Å². The highest BCUT2D eigenvalue weighted by Gasteiger charge is 2.20. The average molecular weight is 319 g/mol. The minimum absolute atomic E-state index is 0.0356. The average Bonchev–Trinajstić information content (AvgIpc) is 2.45. The molecule has 0 aliphatic carbocycles. The van der Waals surface area contributed by atoms with Gasteiger partial charge in [0.05, 0.1) is 11.8 Å². The molecule has 6 heteroatoms. The van der Waals surface area contributed by atoms with Gasteiger partial charge < -0.3 is 9.92 Å². The fourth-order valence-corrected chi connectivity index (χ4v) is 2.85. The number of primary amides is 1. The highest BCUT2D eigenvalue weighted by molar-refractivity contribution is 7.86. The summed E-state index contributed by atoms with van der Waals surface area (Å²) >= 11 is 0. The molecule has 0 spiro atoms. The Hall–Kier alpha value is -2.34. The molecule has 2 N–H and O–H groups in total. The quantitative estimate of drug-likeness (QED) is 0.857. The number of hydrogen-bond donors (Lipinski definition) is 1. The molecule has 0 bridgehead atoms. The van der Waals surface area contributed by atoms with Crippen molar-refractivity contribution < 1.29 is 17.4 Å². The standard InChI is InChI=1S/C16H17NO4S/c1-3-12-13(11-7-5-4-6-8-11)9-10-14(15(12)16(17)18)21-22(2,19)20/h4-10H,3H2,1-2H3,(H2,17,18). The van der Waals surface area contributed by atoms with Gasteiger partial charge in [0.1, 0.15) is 0 Å². The molecule has 2 aromatic carbocycles. The fraction of sp³-hybridized carbons (Fsp3) is 0.188. The molecule has 2 aromatic rings. The van der Waals surface area contributed by atoms with Gasteiger partial charge in [-0.1, -0.05) is 43.3 Å². The lowest BCUT2D eigenvalue weighted by Gasteiger charge is -2.15. The summed E-state index contributed by atoms with van der Waals surface area (Å²) in [7, 11) is -3.74. The third-order valence-electron chi connectivity index (χ3n) is 3.20. The van der Waals surface area contributed by atoms with E-state index in [1.54, 1.807) is 6.07 Å². The Labute approximate surface area is 129 Å². The van der Waals surface area contributed by atoms with E-state index in [2.05, 4.69) is 0 Å². The lowest BCUT2D eigenvalue weighted by atomic mass is 9.93. The molecule has 0 aliphatic heterocycles. The zero-order chi connectivity index (χ0) is 16.3. The van der Waals surface area contributed by atoms with Crippen molar-refractivity contribution in [2.45, 2.75) is 13.3 Å². The van der Waals surface area contributed by atoms with Gasteiger partial charge in [-0.15, -0.1) is 0 Å². The lowest BCUT2D eigenvalue weighted by molar-refractivity contribution is 0.0998. The van der Waals surface area contributed by atoms with Crippen molar-refractivity contribution >= 4 is 16.0 Å². The molecule has 116 valence electrons. The van der Waals surface area contributed by atoms with Crippen LogP contribution in [0.5, 0.6) is 5.75 Å². The summed E-state index contributed by atoms with van der Waals surface area (Å²) in [5, 5.41) is 0. The maximum Gasteiger partial charge on any atom is 0.306 e. The smallest absolute Gasteiger partial charge is 0.306 e. The zero-order valence-electron chi connectivity index (χ0n) is 12.4. The largest absolute Gasteiger partial charge is 0.382 e. The van der Waals surface area contributed by atoms with E-state index in [-0.39, 0.29) is 11.3 Å². The minimum Gasteiger partial charge on any atom is -0.382 e. The van der Waals surface area contributed by atoms with Gasteiger partial charge in [0.25, 0.3) is 5.91 Å². The van der Waals surface area contributed by atoms with E-state index >= 15 is 0 Å². The molecule has 0 unspecified atom stereocenters. The number of carbonyl (C=O) groups excluding carboxylic acids is 1. The Balaban J connectivity index is 2.70. The van der Waals surface area contributed by atoms with Crippen molar-refractivity contribution in [1.29, 1.82) is 0 Å². The topological polar surface area (TPSA) is 86.5 Å². The highest BCUT2D eigenvalue weighted by Crippen LogP contribution is 2.33. The molecule has 0 fully saturated rings. The first kappa shape index (κ1) is 16.0. The van der Waals surface area contributed by atoms with Gasteiger partial charge >= 0.3 is 10.1 Å². The predicted octanol–water partition coefficient (Wildman–Crippen LogP) is 2.35. The summed E-state index contributed by atoms with van der Waals surface area (Å²) in [5.41, 5.74) is 7.97. The molecule has 1 amide bonds. The predicted molar refractivity (Wildman–Crippen MR) is 85.2 cm³/mol. The first-order chi connectivity index (χ1) is 10.3. The number of hydrogen-bond acceptors (Lipinski definition) is 4. The van der Waals surface area contributed by atoms with E-state index in [0.29, 0.717) is 12.0 Å². The monoisotopic (exact) mass is 319 g/mol. The van der Waals surface area contributed by atoms with Crippen LogP contribution in [0.15, 0.2) is 42.5 Å². The van der Waals surface area contributed by atoms with Crippen LogP contribution in [0.4, 0.5) is 0 Å². The van der Waals surface area contributed by atoms with Gasteiger partial charge in [-0.25, -0.2) is 0 Å². The Morgan fingerprint density at radius 2 is 1.77 bits per heavy atom. The van der Waals surface area contributed by atoms with Crippen LogP contribution >= 0.6 is 0 Å². The van der Waals surface area contributed by atoms with Crippen LogP contribution in [0.1, 0.15) is 22.8 Å². The molecule has 0 aromatic heterocycles. The van der Waals surface area contributed by atoms with E-state index in [4.69, 9.17) is 9.92 Å². The van der Waals surface area contributed by atoms with Gasteiger partial charge in [-0.2, -0.15) is 8.42 Å². The SMILES string of the molecule is CCc1c(-c2ccccc2)ccc(OS(C)(=O)=O)c1C(N)=O. The second-order valence-corrected chi connectivity index (χ2v) is 6.41. The van der Waals surface area contributed by atoms with Crippen LogP contribution in [-0.4, -0.2) is 20.6 Å². The molecule has 0 radical (unpaired) electrons. The zero-order valence-corrected chi connectivity index (χ0v) is 13.2. The van der Waals surface area contributed by atoms with Crippen molar-refractivity contribution in [3.8, 4) is 16.9 Å². The van der Waals surface area contributed by atoms with E-state index in [9.17, 15) is 13.2 Å². The number of benzene rings is 2. The maximum absolute atomic E-state index is 11.8. The molecule has 5 nitrogen and oxygen atoms in total. The summed E-state index contributed by atoms with van der Waals surface area (Å²) in [6.07, 6.45) is 1.44. The van der Waals surface area contributed by atoms with E-state index < -0.39 is 16.0 Å². The first-order valence-electron chi connectivity index (χ1n) is 6.74. The number of nitrogens with two attached hydrogens (primary N) is 1. The molecule has 0 saturated heterocycles. The third kappa shape index (κ3) is 3.46. The van der Waals surface area contributed by atoms with Crippen LogP contribution in [0.25, 0.3) is 11.1 Å². The van der Waals surface area contributed by atoms with Gasteiger partial charge in [-0.3, -0.25) is 4.79 Å². The Morgan fingerprint density at radius 1 is 1.14 bits per heavy atom. The van der Waals surface area contributed by atoms with Crippen molar-refractivity contribution in [3.05, 3.63) is 53.6 Å². The van der Waals surface area contributed by atoms with E-state index in [1.165, 1.54) is 6.07 Å². The van der Waals surface area contributed by atoms with E-state index in [1.807, 2.05) is 37.3 Å². The van der Waals surface area contributed by atoms with Crippen molar-refractivity contribution in [1.82, 2.24) is 0 Å². The number of carbonyl (C=O) groups is 1. The van der Waals surface area contributed by atoms with Crippen LogP contribution in [0.2, 0.25) is 0 Å². The fourth-order valence-electron chi connectivity index (χ4n) is 2.38. The second-order valence-electron chi connectivity index (χ2n) is 4.84. The number of rotatable bonds is 5. The second kappa shape index (κ2) is 6.19.